The molecule has 0 aliphatic carbocycles. The number of aromatic hydroxyl groups is 3. The predicted octanol–water partition coefficient (Wildman–Crippen LogP) is 4.88. The number of carbonyl (C=O) groups is 1. The Morgan fingerprint density at radius 1 is 0.889 bits per heavy atom. The first-order valence-corrected chi connectivity index (χ1v) is 9.28. The molecule has 0 amide bonds. The topological polar surface area (TPSA) is 110 Å². The second-order valence-electron chi connectivity index (χ2n) is 5.72. The van der Waals surface area contributed by atoms with Gasteiger partial charge in [-0.25, -0.2) is 9.79 Å². The van der Waals surface area contributed by atoms with Gasteiger partial charge in [0.25, 0.3) is 0 Å². The van der Waals surface area contributed by atoms with Crippen molar-refractivity contribution < 1.29 is 25.2 Å². The largest absolute Gasteiger partial charge is 0.506 e. The molecule has 0 spiro atoms. The quantitative estimate of drug-likeness (QED) is 0.386. The lowest BCUT2D eigenvalue weighted by Gasteiger charge is -2.13. The number of benzene rings is 3. The standard InChI is InChI=1S/C19H13Br2NO5/c20-14-16(23)12(17(24)15(21)18(14)25)8-13(19(26)27)22-11-6-5-9-3-1-2-4-10(9)7-11/h1-7,23-25H,8H2,(H,26,27). The third-order valence-corrected chi connectivity index (χ3v) is 5.49. The minimum absolute atomic E-state index is 0.0578. The van der Waals surface area contributed by atoms with E-state index in [1.807, 2.05) is 30.3 Å². The van der Waals surface area contributed by atoms with Crippen molar-refractivity contribution in [3.63, 3.8) is 0 Å². The lowest BCUT2D eigenvalue weighted by Crippen LogP contribution is -2.16. The Balaban J connectivity index is 2.07. The number of fused-ring (bicyclic) bond motifs is 1. The monoisotopic (exact) mass is 493 g/mol. The van der Waals surface area contributed by atoms with Gasteiger partial charge in [0.2, 0.25) is 0 Å². The van der Waals surface area contributed by atoms with E-state index in [9.17, 15) is 25.2 Å². The fraction of sp³-hybridized carbons (Fsp3) is 0.0526. The Bertz CT molecular complexity index is 1070. The van der Waals surface area contributed by atoms with Crippen molar-refractivity contribution in [3.05, 3.63) is 57.0 Å². The molecule has 3 aromatic carbocycles. The molecule has 138 valence electrons. The number of phenols is 3. The van der Waals surface area contributed by atoms with E-state index in [-0.39, 0.29) is 26.6 Å². The fourth-order valence-electron chi connectivity index (χ4n) is 2.60. The summed E-state index contributed by atoms with van der Waals surface area (Å²) >= 11 is 6.01. The molecule has 0 saturated heterocycles. The molecule has 0 atom stereocenters. The molecular formula is C19H13Br2NO5. The summed E-state index contributed by atoms with van der Waals surface area (Å²) in [4.78, 5) is 15.8. The number of aliphatic carboxylic acids is 1. The molecule has 0 radical (unpaired) electrons. The molecule has 0 unspecified atom stereocenters. The van der Waals surface area contributed by atoms with Crippen molar-refractivity contribution in [2.75, 3.05) is 0 Å². The molecule has 0 heterocycles. The van der Waals surface area contributed by atoms with E-state index in [1.165, 1.54) is 0 Å². The highest BCUT2D eigenvalue weighted by molar-refractivity contribution is 9.11. The third-order valence-electron chi connectivity index (χ3n) is 3.99. The van der Waals surface area contributed by atoms with Gasteiger partial charge in [-0.3, -0.25) is 0 Å². The van der Waals surface area contributed by atoms with Crippen LogP contribution in [0.3, 0.4) is 0 Å². The van der Waals surface area contributed by atoms with E-state index >= 15 is 0 Å². The highest BCUT2D eigenvalue weighted by atomic mass is 79.9. The van der Waals surface area contributed by atoms with Crippen LogP contribution >= 0.6 is 31.9 Å². The zero-order valence-electron chi connectivity index (χ0n) is 13.6. The smallest absolute Gasteiger partial charge is 0.350 e. The molecule has 6 nitrogen and oxygen atoms in total. The van der Waals surface area contributed by atoms with Gasteiger partial charge in [-0.15, -0.1) is 0 Å². The van der Waals surface area contributed by atoms with Crippen LogP contribution in [0.4, 0.5) is 5.69 Å². The van der Waals surface area contributed by atoms with E-state index in [0.29, 0.717) is 5.69 Å². The summed E-state index contributed by atoms with van der Waals surface area (Å²) < 4.78 is -0.116. The van der Waals surface area contributed by atoms with Crippen molar-refractivity contribution in [1.82, 2.24) is 0 Å². The maximum absolute atomic E-state index is 11.7. The second-order valence-corrected chi connectivity index (χ2v) is 7.31. The number of nitrogens with zero attached hydrogens (tertiary/aromatic N) is 1. The highest BCUT2D eigenvalue weighted by Crippen LogP contribution is 2.48. The van der Waals surface area contributed by atoms with Crippen LogP contribution in [0.1, 0.15) is 5.56 Å². The summed E-state index contributed by atoms with van der Waals surface area (Å²) in [6.45, 7) is 0. The van der Waals surface area contributed by atoms with Gasteiger partial charge < -0.3 is 20.4 Å². The zero-order chi connectivity index (χ0) is 19.7. The highest BCUT2D eigenvalue weighted by Gasteiger charge is 2.24. The van der Waals surface area contributed by atoms with Crippen LogP contribution in [0.2, 0.25) is 0 Å². The Kier molecular flexibility index (Phi) is 5.38. The molecule has 0 aliphatic heterocycles. The van der Waals surface area contributed by atoms with Gasteiger partial charge in [0, 0.05) is 12.0 Å². The van der Waals surface area contributed by atoms with Gasteiger partial charge >= 0.3 is 5.97 Å². The minimum Gasteiger partial charge on any atom is -0.506 e. The maximum Gasteiger partial charge on any atom is 0.350 e. The Hall–Kier alpha value is -2.58. The average Bonchev–Trinajstić information content (AvgIpc) is 2.67. The number of rotatable bonds is 4. The first kappa shape index (κ1) is 19.2. The maximum atomic E-state index is 11.7. The third kappa shape index (κ3) is 3.77. The van der Waals surface area contributed by atoms with Crippen molar-refractivity contribution in [2.24, 2.45) is 4.99 Å². The molecule has 27 heavy (non-hydrogen) atoms. The first-order chi connectivity index (χ1) is 12.8. The summed E-state index contributed by atoms with van der Waals surface area (Å²) in [6, 6.07) is 12.9. The molecule has 3 aromatic rings. The summed E-state index contributed by atoms with van der Waals surface area (Å²) in [5, 5.41) is 41.6. The van der Waals surface area contributed by atoms with E-state index in [2.05, 4.69) is 36.9 Å². The molecule has 0 fully saturated rings. The number of aliphatic imine (C=N–C) groups is 1. The molecule has 0 aromatic heterocycles. The molecule has 3 rings (SSSR count). The van der Waals surface area contributed by atoms with Crippen LogP contribution < -0.4 is 0 Å². The van der Waals surface area contributed by atoms with Crippen LogP contribution in [-0.2, 0) is 11.2 Å². The van der Waals surface area contributed by atoms with Crippen LogP contribution in [0.15, 0.2) is 56.4 Å². The summed E-state index contributed by atoms with van der Waals surface area (Å²) in [5.74, 6) is -2.60. The lowest BCUT2D eigenvalue weighted by molar-refractivity contribution is -0.129. The van der Waals surface area contributed by atoms with Crippen molar-refractivity contribution in [3.8, 4) is 17.2 Å². The van der Waals surface area contributed by atoms with E-state index in [0.717, 1.165) is 10.8 Å². The second kappa shape index (κ2) is 7.58. The number of carboxylic acid groups (broad SMARTS) is 1. The van der Waals surface area contributed by atoms with E-state index in [1.54, 1.807) is 12.1 Å². The molecule has 0 bridgehead atoms. The molecule has 4 N–H and O–H groups in total. The Labute approximate surface area is 170 Å². The number of phenolic OH excluding ortho intramolecular Hbond substituents is 3. The van der Waals surface area contributed by atoms with Crippen LogP contribution in [-0.4, -0.2) is 32.1 Å². The SMILES string of the molecule is O=C(O)C(Cc1c(O)c(Br)c(O)c(Br)c1O)=Nc1ccc2ccccc2c1. The van der Waals surface area contributed by atoms with Crippen LogP contribution in [0.5, 0.6) is 17.2 Å². The normalized spacial score (nSPS) is 11.7. The molecule has 0 aliphatic rings. The lowest BCUT2D eigenvalue weighted by atomic mass is 10.0. The predicted molar refractivity (Wildman–Crippen MR) is 109 cm³/mol. The van der Waals surface area contributed by atoms with Crippen LogP contribution in [0.25, 0.3) is 10.8 Å². The van der Waals surface area contributed by atoms with Gasteiger partial charge in [0.05, 0.1) is 5.69 Å². The minimum atomic E-state index is -1.29. The van der Waals surface area contributed by atoms with Gasteiger partial charge in [-0.05, 0) is 54.8 Å². The van der Waals surface area contributed by atoms with Crippen molar-refractivity contribution in [2.45, 2.75) is 6.42 Å². The Morgan fingerprint density at radius 3 is 2.07 bits per heavy atom. The number of carboxylic acids is 1. The van der Waals surface area contributed by atoms with Crippen molar-refractivity contribution >= 4 is 60.0 Å². The summed E-state index contributed by atoms with van der Waals surface area (Å²) in [6.07, 6.45) is -0.350. The van der Waals surface area contributed by atoms with Gasteiger partial charge in [0.1, 0.15) is 26.2 Å². The summed E-state index contributed by atoms with van der Waals surface area (Å²) in [7, 11) is 0. The van der Waals surface area contributed by atoms with Crippen LogP contribution in [0, 0.1) is 0 Å². The van der Waals surface area contributed by atoms with Gasteiger partial charge in [0.15, 0.2) is 5.75 Å². The molecular weight excluding hydrogens is 482 g/mol. The average molecular weight is 495 g/mol. The number of hydrogen-bond acceptors (Lipinski definition) is 5. The Morgan fingerprint density at radius 2 is 1.48 bits per heavy atom. The number of halogens is 2. The fourth-order valence-corrected chi connectivity index (χ4v) is 3.74. The number of hydrogen-bond donors (Lipinski definition) is 4. The zero-order valence-corrected chi connectivity index (χ0v) is 16.8. The molecule has 8 heteroatoms. The van der Waals surface area contributed by atoms with E-state index in [4.69, 9.17) is 0 Å². The van der Waals surface area contributed by atoms with Gasteiger partial charge in [-0.1, -0.05) is 30.3 Å². The first-order valence-electron chi connectivity index (χ1n) is 7.70. The molecule has 0 saturated carbocycles. The van der Waals surface area contributed by atoms with Gasteiger partial charge in [-0.2, -0.15) is 0 Å². The van der Waals surface area contributed by atoms with Crippen molar-refractivity contribution in [1.29, 1.82) is 0 Å². The van der Waals surface area contributed by atoms with E-state index < -0.39 is 23.2 Å². The summed E-state index contributed by atoms with van der Waals surface area (Å²) in [5.41, 5.74) is 0.0795.